The van der Waals surface area contributed by atoms with E-state index >= 15 is 0 Å². The Labute approximate surface area is 159 Å². The number of hydrogen-bond acceptors (Lipinski definition) is 2. The average molecular weight is 386 g/mol. The van der Waals surface area contributed by atoms with Crippen molar-refractivity contribution < 1.29 is 9.47 Å². The predicted molar refractivity (Wildman–Crippen MR) is 114 cm³/mol. The van der Waals surface area contributed by atoms with Crippen LogP contribution in [0, 0.1) is 0 Å². The molecule has 2 nitrogen and oxygen atoms in total. The molecule has 2 aromatic rings. The molecule has 4 atom stereocenters. The highest BCUT2D eigenvalue weighted by atomic mass is 31.1. The van der Waals surface area contributed by atoms with Gasteiger partial charge in [0.05, 0.1) is 0 Å². The van der Waals surface area contributed by atoms with Gasteiger partial charge in [-0.1, -0.05) is 77.9 Å². The normalized spacial score (nSPS) is 27.5. The molecule has 2 aromatic carbocycles. The molecule has 0 bridgehead atoms. The number of rotatable bonds is 1. The molecular formula is C22H28O2P2. The van der Waals surface area contributed by atoms with Crippen molar-refractivity contribution in [2.45, 2.75) is 63.5 Å². The minimum atomic E-state index is -0.484. The Hall–Kier alpha value is -1.10. The number of benzene rings is 2. The maximum atomic E-state index is 6.61. The van der Waals surface area contributed by atoms with Gasteiger partial charge in [-0.3, -0.25) is 0 Å². The minimum Gasteiger partial charge on any atom is -0.481 e. The molecule has 0 unspecified atom stereocenters. The fourth-order valence-corrected chi connectivity index (χ4v) is 10.6. The number of ether oxygens (including phenoxy) is 2. The Bertz CT molecular complexity index is 750. The molecule has 0 aliphatic carbocycles. The fourth-order valence-electron chi connectivity index (χ4n) is 4.01. The third kappa shape index (κ3) is 2.96. The molecule has 2 aliphatic heterocycles. The van der Waals surface area contributed by atoms with E-state index in [0.29, 0.717) is 0 Å². The summed E-state index contributed by atoms with van der Waals surface area (Å²) in [5.74, 6) is 2.34. The molecule has 0 saturated heterocycles. The summed E-state index contributed by atoms with van der Waals surface area (Å²) in [5.41, 5.74) is 0. The van der Waals surface area contributed by atoms with Crippen LogP contribution in [0.25, 0.3) is 0 Å². The topological polar surface area (TPSA) is 18.5 Å². The molecule has 138 valence electrons. The van der Waals surface area contributed by atoms with Crippen LogP contribution in [0.1, 0.15) is 41.5 Å². The number of para-hydroxylation sites is 2. The van der Waals surface area contributed by atoms with E-state index in [-0.39, 0.29) is 22.0 Å². The van der Waals surface area contributed by atoms with Gasteiger partial charge in [-0.15, -0.1) is 0 Å². The van der Waals surface area contributed by atoms with Gasteiger partial charge >= 0.3 is 0 Å². The maximum absolute atomic E-state index is 6.61. The Morgan fingerprint density at radius 3 is 1.31 bits per heavy atom. The molecule has 0 radical (unpaired) electrons. The highest BCUT2D eigenvalue weighted by molar-refractivity contribution is 7.72. The summed E-state index contributed by atoms with van der Waals surface area (Å²) in [6, 6.07) is 17.2. The van der Waals surface area contributed by atoms with Crippen LogP contribution in [0.4, 0.5) is 0 Å². The lowest BCUT2D eigenvalue weighted by molar-refractivity contribution is 0.171. The molecule has 0 N–H and O–H groups in total. The summed E-state index contributed by atoms with van der Waals surface area (Å²) >= 11 is 0. The van der Waals surface area contributed by atoms with Crippen LogP contribution in [0.2, 0.25) is 0 Å². The third-order valence-electron chi connectivity index (χ3n) is 4.94. The van der Waals surface area contributed by atoms with Crippen molar-refractivity contribution in [3.05, 3.63) is 48.5 Å². The number of hydrogen-bond donors (Lipinski definition) is 0. The zero-order valence-corrected chi connectivity index (χ0v) is 18.3. The van der Waals surface area contributed by atoms with Crippen molar-refractivity contribution >= 4 is 26.5 Å². The molecule has 0 aromatic heterocycles. The minimum absolute atomic E-state index is 0.111. The van der Waals surface area contributed by atoms with Crippen molar-refractivity contribution in [3.8, 4) is 11.5 Å². The molecule has 26 heavy (non-hydrogen) atoms. The van der Waals surface area contributed by atoms with Gasteiger partial charge in [-0.05, 0) is 38.3 Å². The SMILES string of the molecule is CC(C)(C)[P@]1c2ccccc2O[C@H]1[C@@H]1Oc2ccccc2[P@@]1C(C)(C)C. The summed E-state index contributed by atoms with van der Waals surface area (Å²) in [4.78, 5) is 0. The third-order valence-corrected chi connectivity index (χ3v) is 11.6. The van der Waals surface area contributed by atoms with Crippen LogP contribution < -0.4 is 20.1 Å². The van der Waals surface area contributed by atoms with E-state index in [1.165, 1.54) is 10.6 Å². The first kappa shape index (κ1) is 18.3. The van der Waals surface area contributed by atoms with Crippen molar-refractivity contribution in [2.24, 2.45) is 0 Å². The summed E-state index contributed by atoms with van der Waals surface area (Å²) in [7, 11) is -0.968. The zero-order chi connectivity index (χ0) is 18.7. The lowest BCUT2D eigenvalue weighted by atomic mass is 10.3. The van der Waals surface area contributed by atoms with Gasteiger partial charge in [-0.25, -0.2) is 0 Å². The quantitative estimate of drug-likeness (QED) is 0.591. The smallest absolute Gasteiger partial charge is 0.162 e. The van der Waals surface area contributed by atoms with Gasteiger partial charge in [0.2, 0.25) is 0 Å². The van der Waals surface area contributed by atoms with E-state index < -0.39 is 15.8 Å². The maximum Gasteiger partial charge on any atom is 0.162 e. The second-order valence-electron chi connectivity index (χ2n) is 9.03. The summed E-state index contributed by atoms with van der Waals surface area (Å²) in [6.07, 6.45) is 0. The van der Waals surface area contributed by atoms with Gasteiger partial charge < -0.3 is 9.47 Å². The molecular weight excluding hydrogens is 358 g/mol. The standard InChI is InChI=1S/C22H28O2P2/c1-21(2,3)25-17-13-9-7-11-15(17)23-19(25)20-24-16-12-8-10-14-18(16)26(20)22(4,5)6/h7-14,19-20H,1-6H3/t19-,20-,25-,26-/m1/s1. The molecule has 4 rings (SSSR count). The molecule has 2 aliphatic rings. The first-order valence-corrected chi connectivity index (χ1v) is 12.1. The van der Waals surface area contributed by atoms with Gasteiger partial charge in [0.25, 0.3) is 0 Å². The van der Waals surface area contributed by atoms with E-state index in [1.54, 1.807) is 0 Å². The Balaban J connectivity index is 1.80. The van der Waals surface area contributed by atoms with Crippen molar-refractivity contribution in [3.63, 3.8) is 0 Å². The van der Waals surface area contributed by atoms with E-state index in [0.717, 1.165) is 11.5 Å². The van der Waals surface area contributed by atoms with Gasteiger partial charge in [0, 0.05) is 10.6 Å². The molecule has 2 heterocycles. The monoisotopic (exact) mass is 386 g/mol. The van der Waals surface area contributed by atoms with Gasteiger partial charge in [0.1, 0.15) is 11.5 Å². The summed E-state index contributed by atoms with van der Waals surface area (Å²) in [5, 5.41) is 3.12. The molecule has 4 heteroatoms. The highest BCUT2D eigenvalue weighted by Gasteiger charge is 2.53. The summed E-state index contributed by atoms with van der Waals surface area (Å²) in [6.45, 7) is 14.1. The van der Waals surface area contributed by atoms with Crippen LogP contribution in [-0.2, 0) is 0 Å². The van der Waals surface area contributed by atoms with Crippen LogP contribution in [0.3, 0.4) is 0 Å². The molecule has 0 saturated carbocycles. The predicted octanol–water partition coefficient (Wildman–Crippen LogP) is 5.64. The van der Waals surface area contributed by atoms with Crippen LogP contribution >= 0.6 is 15.8 Å². The lowest BCUT2D eigenvalue weighted by Gasteiger charge is -2.39. The molecule has 0 amide bonds. The van der Waals surface area contributed by atoms with E-state index in [9.17, 15) is 0 Å². The van der Waals surface area contributed by atoms with E-state index in [4.69, 9.17) is 9.47 Å². The Morgan fingerprint density at radius 2 is 0.962 bits per heavy atom. The van der Waals surface area contributed by atoms with Crippen LogP contribution in [0.5, 0.6) is 11.5 Å². The Morgan fingerprint density at radius 1 is 0.615 bits per heavy atom. The van der Waals surface area contributed by atoms with Crippen molar-refractivity contribution in [1.82, 2.24) is 0 Å². The first-order valence-electron chi connectivity index (χ1n) is 9.28. The average Bonchev–Trinajstić information content (AvgIpc) is 3.12. The second-order valence-corrected chi connectivity index (χ2v) is 15.2. The van der Waals surface area contributed by atoms with E-state index in [1.807, 2.05) is 0 Å². The molecule has 0 spiro atoms. The largest absolute Gasteiger partial charge is 0.481 e. The van der Waals surface area contributed by atoms with Crippen molar-refractivity contribution in [2.75, 3.05) is 0 Å². The highest BCUT2D eigenvalue weighted by Crippen LogP contribution is 2.67. The van der Waals surface area contributed by atoms with Gasteiger partial charge in [0.15, 0.2) is 11.7 Å². The second kappa shape index (κ2) is 6.22. The summed E-state index contributed by atoms with van der Waals surface area (Å²) < 4.78 is 13.2. The van der Waals surface area contributed by atoms with E-state index in [2.05, 4.69) is 90.1 Å². The zero-order valence-electron chi connectivity index (χ0n) is 16.5. The Kier molecular flexibility index (Phi) is 4.37. The van der Waals surface area contributed by atoms with Gasteiger partial charge in [-0.2, -0.15) is 0 Å². The molecule has 0 fully saturated rings. The number of fused-ring (bicyclic) bond motifs is 2. The first-order chi connectivity index (χ1) is 12.2. The van der Waals surface area contributed by atoms with Crippen LogP contribution in [0.15, 0.2) is 48.5 Å². The van der Waals surface area contributed by atoms with Crippen LogP contribution in [-0.4, -0.2) is 22.0 Å². The fraction of sp³-hybridized carbons (Fsp3) is 0.455. The lowest BCUT2D eigenvalue weighted by Crippen LogP contribution is -2.37. The van der Waals surface area contributed by atoms with Crippen molar-refractivity contribution in [1.29, 1.82) is 0 Å².